The molecular formula is C13H19N3O3. The zero-order chi connectivity index (χ0) is 14.4. The quantitative estimate of drug-likeness (QED) is 0.579. The predicted molar refractivity (Wildman–Crippen MR) is 74.3 cm³/mol. The second kappa shape index (κ2) is 6.63. The number of carbonyl (C=O) groups excluding carboxylic acids is 1. The average molecular weight is 265 g/mol. The van der Waals surface area contributed by atoms with Gasteiger partial charge in [-0.1, -0.05) is 6.92 Å². The number of nitrogen functional groups attached to an aromatic ring is 1. The van der Waals surface area contributed by atoms with Crippen molar-refractivity contribution in [1.29, 1.82) is 0 Å². The van der Waals surface area contributed by atoms with Gasteiger partial charge in [-0.15, -0.1) is 0 Å². The van der Waals surface area contributed by atoms with Gasteiger partial charge in [0.1, 0.15) is 0 Å². The Labute approximate surface area is 112 Å². The summed E-state index contributed by atoms with van der Waals surface area (Å²) in [6.45, 7) is 4.42. The summed E-state index contributed by atoms with van der Waals surface area (Å²) in [7, 11) is 0. The molecule has 0 bridgehead atoms. The van der Waals surface area contributed by atoms with Gasteiger partial charge in [0.15, 0.2) is 0 Å². The van der Waals surface area contributed by atoms with E-state index in [0.29, 0.717) is 17.8 Å². The smallest absolute Gasteiger partial charge is 0.337 e. The molecule has 1 aromatic rings. The average Bonchev–Trinajstić information content (AvgIpc) is 2.37. The van der Waals surface area contributed by atoms with Crippen LogP contribution >= 0.6 is 0 Å². The first kappa shape index (κ1) is 14.8. The number of carboxylic acids is 1. The normalized spacial score (nSPS) is 10.0. The van der Waals surface area contributed by atoms with Crippen molar-refractivity contribution in [3.05, 3.63) is 23.3 Å². The SMILES string of the molecule is CCCNC(=O)CNc1cc(C)c(N)c(C(=O)O)c1. The number of nitrogens with two attached hydrogens (primary N) is 1. The number of rotatable bonds is 6. The first-order valence-corrected chi connectivity index (χ1v) is 6.09. The van der Waals surface area contributed by atoms with Gasteiger partial charge in [-0.2, -0.15) is 0 Å². The number of benzene rings is 1. The highest BCUT2D eigenvalue weighted by molar-refractivity contribution is 5.96. The van der Waals surface area contributed by atoms with Gasteiger partial charge in [0.2, 0.25) is 5.91 Å². The molecule has 0 spiro atoms. The van der Waals surface area contributed by atoms with Crippen molar-refractivity contribution in [1.82, 2.24) is 5.32 Å². The Hall–Kier alpha value is -2.24. The number of nitrogens with one attached hydrogen (secondary N) is 2. The van der Waals surface area contributed by atoms with Gasteiger partial charge in [-0.25, -0.2) is 4.79 Å². The highest BCUT2D eigenvalue weighted by Crippen LogP contribution is 2.22. The molecule has 0 aromatic heterocycles. The summed E-state index contributed by atoms with van der Waals surface area (Å²) in [5, 5.41) is 14.6. The van der Waals surface area contributed by atoms with E-state index in [-0.39, 0.29) is 23.7 Å². The first-order chi connectivity index (χ1) is 8.95. The van der Waals surface area contributed by atoms with Gasteiger partial charge >= 0.3 is 5.97 Å². The summed E-state index contributed by atoms with van der Waals surface area (Å²) in [6, 6.07) is 3.15. The Morgan fingerprint density at radius 1 is 1.37 bits per heavy atom. The van der Waals surface area contributed by atoms with Crippen LogP contribution in [-0.4, -0.2) is 30.1 Å². The molecule has 0 saturated carbocycles. The Morgan fingerprint density at radius 2 is 2.05 bits per heavy atom. The largest absolute Gasteiger partial charge is 0.478 e. The van der Waals surface area contributed by atoms with Crippen LogP contribution in [0.3, 0.4) is 0 Å². The number of anilines is 2. The molecule has 5 N–H and O–H groups in total. The van der Waals surface area contributed by atoms with Gasteiger partial charge in [-0.05, 0) is 31.0 Å². The first-order valence-electron chi connectivity index (χ1n) is 6.09. The zero-order valence-electron chi connectivity index (χ0n) is 11.1. The van der Waals surface area contributed by atoms with Gasteiger partial charge < -0.3 is 21.5 Å². The van der Waals surface area contributed by atoms with Gasteiger partial charge in [-0.3, -0.25) is 4.79 Å². The lowest BCUT2D eigenvalue weighted by atomic mass is 10.1. The second-order valence-corrected chi connectivity index (χ2v) is 4.26. The fourth-order valence-electron chi connectivity index (χ4n) is 1.59. The molecule has 6 heteroatoms. The van der Waals surface area contributed by atoms with E-state index in [1.54, 1.807) is 13.0 Å². The fraction of sp³-hybridized carbons (Fsp3) is 0.385. The Morgan fingerprint density at radius 3 is 2.63 bits per heavy atom. The maximum atomic E-state index is 11.4. The van der Waals surface area contributed by atoms with Crippen LogP contribution in [0.4, 0.5) is 11.4 Å². The van der Waals surface area contributed by atoms with Crippen molar-refractivity contribution < 1.29 is 14.7 Å². The molecule has 0 aliphatic carbocycles. The molecule has 0 saturated heterocycles. The number of carbonyl (C=O) groups is 2. The van der Waals surface area contributed by atoms with Crippen molar-refractivity contribution in [3.63, 3.8) is 0 Å². The number of aromatic carboxylic acids is 1. The number of amides is 1. The highest BCUT2D eigenvalue weighted by atomic mass is 16.4. The minimum absolute atomic E-state index is 0.0384. The van der Waals surface area contributed by atoms with Crippen molar-refractivity contribution in [2.45, 2.75) is 20.3 Å². The molecule has 1 amide bonds. The van der Waals surface area contributed by atoms with E-state index in [4.69, 9.17) is 10.8 Å². The van der Waals surface area contributed by atoms with Gasteiger partial charge in [0, 0.05) is 17.9 Å². The summed E-state index contributed by atoms with van der Waals surface area (Å²) in [5.41, 5.74) is 7.20. The Kier molecular flexibility index (Phi) is 5.17. The maximum Gasteiger partial charge on any atom is 0.337 e. The maximum absolute atomic E-state index is 11.4. The molecule has 19 heavy (non-hydrogen) atoms. The molecule has 1 rings (SSSR count). The third-order valence-electron chi connectivity index (χ3n) is 2.64. The number of hydrogen-bond donors (Lipinski definition) is 4. The lowest BCUT2D eigenvalue weighted by molar-refractivity contribution is -0.119. The highest BCUT2D eigenvalue weighted by Gasteiger charge is 2.12. The monoisotopic (exact) mass is 265 g/mol. The van der Waals surface area contributed by atoms with E-state index >= 15 is 0 Å². The van der Waals surface area contributed by atoms with E-state index < -0.39 is 5.97 Å². The van der Waals surface area contributed by atoms with Crippen LogP contribution in [0.2, 0.25) is 0 Å². The lowest BCUT2D eigenvalue weighted by Gasteiger charge is -2.11. The molecule has 6 nitrogen and oxygen atoms in total. The van der Waals surface area contributed by atoms with Crippen molar-refractivity contribution in [2.75, 3.05) is 24.1 Å². The lowest BCUT2D eigenvalue weighted by Crippen LogP contribution is -2.30. The molecule has 0 aliphatic rings. The standard InChI is InChI=1S/C13H19N3O3/c1-3-4-15-11(17)7-16-9-5-8(2)12(14)10(6-9)13(18)19/h5-6,16H,3-4,7,14H2,1-2H3,(H,15,17)(H,18,19). The molecule has 0 unspecified atom stereocenters. The molecule has 0 radical (unpaired) electrons. The molecule has 0 atom stereocenters. The number of carboxylic acid groups (broad SMARTS) is 1. The van der Waals surface area contributed by atoms with Crippen molar-refractivity contribution in [2.24, 2.45) is 0 Å². The van der Waals surface area contributed by atoms with Crippen LogP contribution in [0.5, 0.6) is 0 Å². The Bertz CT molecular complexity index is 486. The fourth-order valence-corrected chi connectivity index (χ4v) is 1.59. The number of hydrogen-bond acceptors (Lipinski definition) is 4. The molecule has 0 heterocycles. The van der Waals surface area contributed by atoms with Crippen molar-refractivity contribution >= 4 is 23.3 Å². The summed E-state index contributed by atoms with van der Waals surface area (Å²) < 4.78 is 0. The van der Waals surface area contributed by atoms with Crippen LogP contribution in [0.1, 0.15) is 29.3 Å². The van der Waals surface area contributed by atoms with Crippen LogP contribution < -0.4 is 16.4 Å². The second-order valence-electron chi connectivity index (χ2n) is 4.26. The van der Waals surface area contributed by atoms with E-state index in [9.17, 15) is 9.59 Å². The van der Waals surface area contributed by atoms with Crippen LogP contribution in [0, 0.1) is 6.92 Å². The van der Waals surface area contributed by atoms with Crippen LogP contribution in [-0.2, 0) is 4.79 Å². The summed E-state index contributed by atoms with van der Waals surface area (Å²) in [4.78, 5) is 22.4. The topological polar surface area (TPSA) is 104 Å². The zero-order valence-corrected chi connectivity index (χ0v) is 11.1. The summed E-state index contributed by atoms with van der Waals surface area (Å²) >= 11 is 0. The van der Waals surface area contributed by atoms with E-state index in [1.165, 1.54) is 6.07 Å². The van der Waals surface area contributed by atoms with E-state index in [2.05, 4.69) is 10.6 Å². The molecule has 0 fully saturated rings. The summed E-state index contributed by atoms with van der Waals surface area (Å²) in [6.07, 6.45) is 0.871. The minimum atomic E-state index is -1.08. The van der Waals surface area contributed by atoms with Crippen LogP contribution in [0.25, 0.3) is 0 Å². The number of aryl methyl sites for hydroxylation is 1. The molecule has 1 aromatic carbocycles. The molecule has 104 valence electrons. The van der Waals surface area contributed by atoms with E-state index in [1.807, 2.05) is 6.92 Å². The minimum Gasteiger partial charge on any atom is -0.478 e. The van der Waals surface area contributed by atoms with Gasteiger partial charge in [0.25, 0.3) is 0 Å². The third kappa shape index (κ3) is 4.17. The van der Waals surface area contributed by atoms with Gasteiger partial charge in [0.05, 0.1) is 12.1 Å². The third-order valence-corrected chi connectivity index (χ3v) is 2.64. The van der Waals surface area contributed by atoms with E-state index in [0.717, 1.165) is 6.42 Å². The van der Waals surface area contributed by atoms with Crippen molar-refractivity contribution in [3.8, 4) is 0 Å². The van der Waals surface area contributed by atoms with Crippen LogP contribution in [0.15, 0.2) is 12.1 Å². The molecule has 0 aliphatic heterocycles. The molecular weight excluding hydrogens is 246 g/mol. The predicted octanol–water partition coefficient (Wildman–Crippen LogP) is 1.21. The summed E-state index contributed by atoms with van der Waals surface area (Å²) in [5.74, 6) is -1.21. The Balaban J connectivity index is 2.74.